The molecule has 0 aromatic carbocycles. The molecule has 0 bridgehead atoms. The van der Waals surface area contributed by atoms with Gasteiger partial charge in [0, 0.05) is 11.8 Å². The minimum absolute atomic E-state index is 0.701. The maximum Gasteiger partial charge on any atom is 0.312 e. The van der Waals surface area contributed by atoms with Crippen LogP contribution in [0.5, 0.6) is 0 Å². The largest absolute Gasteiger partial charge is 0.436 e. The van der Waals surface area contributed by atoms with Crippen molar-refractivity contribution >= 4 is 57.0 Å². The van der Waals surface area contributed by atoms with E-state index in [4.69, 9.17) is 35.5 Å². The Balaban J connectivity index is 4.72. The highest BCUT2D eigenvalue weighted by molar-refractivity contribution is 6.89. The molecule has 0 amide bonds. The highest BCUT2D eigenvalue weighted by Crippen LogP contribution is 2.27. The van der Waals surface area contributed by atoms with Crippen LogP contribution in [0.4, 0.5) is 0 Å². The lowest BCUT2D eigenvalue weighted by molar-refractivity contribution is 0.328. The quantitative estimate of drug-likeness (QED) is 0.273. The molecule has 0 aromatic heterocycles. The van der Waals surface area contributed by atoms with Crippen molar-refractivity contribution in [3.05, 3.63) is 0 Å². The van der Waals surface area contributed by atoms with Crippen molar-refractivity contribution < 1.29 is 12.3 Å². The summed E-state index contributed by atoms with van der Waals surface area (Å²) in [6.45, 7) is 17.6. The van der Waals surface area contributed by atoms with E-state index < -0.39 is 33.8 Å². The van der Waals surface area contributed by atoms with Gasteiger partial charge in [0.2, 0.25) is 0 Å². The van der Waals surface area contributed by atoms with E-state index in [2.05, 4.69) is 52.4 Å². The van der Waals surface area contributed by atoms with E-state index in [9.17, 15) is 0 Å². The van der Waals surface area contributed by atoms with Crippen molar-refractivity contribution in [3.8, 4) is 0 Å². The number of hydrogen-bond donors (Lipinski definition) is 0. The summed E-state index contributed by atoms with van der Waals surface area (Å²) in [6, 6.07) is 2.16. The first-order valence-corrected chi connectivity index (χ1v) is 21.4. The van der Waals surface area contributed by atoms with Crippen LogP contribution in [0.15, 0.2) is 0 Å². The molecule has 0 rings (SSSR count). The Bertz CT molecular complexity index is 321. The van der Waals surface area contributed by atoms with E-state index in [-0.39, 0.29) is 0 Å². The Labute approximate surface area is 158 Å². The smallest absolute Gasteiger partial charge is 0.312 e. The summed E-state index contributed by atoms with van der Waals surface area (Å²) in [7, 11) is -7.86. The molecule has 0 radical (unpaired) electrons. The second kappa shape index (κ2) is 9.87. The normalized spacial score (nSPS) is 14.3. The van der Waals surface area contributed by atoms with Gasteiger partial charge in [-0.1, -0.05) is 0 Å². The van der Waals surface area contributed by atoms with Crippen molar-refractivity contribution in [2.75, 3.05) is 11.8 Å². The van der Waals surface area contributed by atoms with Crippen LogP contribution in [-0.2, 0) is 12.3 Å². The van der Waals surface area contributed by atoms with Crippen LogP contribution >= 0.6 is 23.2 Å². The molecular weight excluding hydrogens is 399 g/mol. The van der Waals surface area contributed by atoms with Crippen LogP contribution in [0.2, 0.25) is 64.5 Å². The molecule has 3 nitrogen and oxygen atoms in total. The lowest BCUT2D eigenvalue weighted by Gasteiger charge is -2.41. The molecule has 0 aromatic rings. The van der Waals surface area contributed by atoms with E-state index in [1.165, 1.54) is 0 Å². The highest BCUT2D eigenvalue weighted by Gasteiger charge is 2.43. The van der Waals surface area contributed by atoms with Crippen LogP contribution in [0, 0.1) is 0 Å². The zero-order valence-electron chi connectivity index (χ0n) is 16.2. The van der Waals surface area contributed by atoms with Crippen molar-refractivity contribution in [1.82, 2.24) is 0 Å². The predicted octanol–water partition coefficient (Wildman–Crippen LogP) is 6.11. The molecule has 0 unspecified atom stereocenters. The van der Waals surface area contributed by atoms with Gasteiger partial charge in [-0.25, -0.2) is 0 Å². The molecule has 0 spiro atoms. The monoisotopic (exact) mass is 434 g/mol. The van der Waals surface area contributed by atoms with Crippen LogP contribution in [-0.4, -0.2) is 45.5 Å². The van der Waals surface area contributed by atoms with Crippen molar-refractivity contribution in [1.29, 1.82) is 0 Å². The van der Waals surface area contributed by atoms with Gasteiger partial charge in [0.15, 0.2) is 16.6 Å². The molecule has 9 heteroatoms. The van der Waals surface area contributed by atoms with Gasteiger partial charge >= 0.3 is 17.1 Å². The van der Waals surface area contributed by atoms with Crippen LogP contribution in [0.3, 0.4) is 0 Å². The Morgan fingerprint density at radius 3 is 1.13 bits per heavy atom. The van der Waals surface area contributed by atoms with Gasteiger partial charge in [0.25, 0.3) is 0 Å². The van der Waals surface area contributed by atoms with Crippen LogP contribution < -0.4 is 0 Å². The summed E-state index contributed by atoms with van der Waals surface area (Å²) < 4.78 is 19.5. The van der Waals surface area contributed by atoms with Crippen LogP contribution in [0.25, 0.3) is 0 Å². The second-order valence-electron chi connectivity index (χ2n) is 8.21. The number of alkyl halides is 2. The van der Waals surface area contributed by atoms with Gasteiger partial charge in [-0.2, -0.15) is 0 Å². The zero-order valence-corrected chi connectivity index (χ0v) is 21.7. The first kappa shape index (κ1) is 24.3. The molecule has 0 saturated carbocycles. The Hall–Kier alpha value is 1.33. The minimum atomic E-state index is -2.20. The van der Waals surface area contributed by atoms with Gasteiger partial charge in [-0.05, 0) is 77.3 Å². The molecule has 0 N–H and O–H groups in total. The average molecular weight is 436 g/mol. The zero-order chi connectivity index (χ0) is 18.4. The van der Waals surface area contributed by atoms with Gasteiger partial charge < -0.3 is 12.3 Å². The summed E-state index contributed by atoms with van der Waals surface area (Å²) in [4.78, 5) is 0. The Kier molecular flexibility index (Phi) is 10.4. The summed E-state index contributed by atoms with van der Waals surface area (Å²) >= 11 is 11.7. The lowest BCUT2D eigenvalue weighted by Crippen LogP contribution is -2.56. The molecule has 0 aliphatic rings. The van der Waals surface area contributed by atoms with E-state index in [0.29, 0.717) is 11.8 Å². The van der Waals surface area contributed by atoms with Gasteiger partial charge in [-0.15, -0.1) is 23.2 Å². The lowest BCUT2D eigenvalue weighted by atomic mass is 10.6. The van der Waals surface area contributed by atoms with E-state index in [0.717, 1.165) is 24.9 Å². The van der Waals surface area contributed by atoms with E-state index in [1.807, 2.05) is 0 Å². The molecule has 23 heavy (non-hydrogen) atoms. The fourth-order valence-electron chi connectivity index (χ4n) is 3.05. The molecule has 0 atom stereocenters. The maximum absolute atomic E-state index is 6.50. The molecular formula is C14H36Cl2O3Si4. The summed E-state index contributed by atoms with van der Waals surface area (Å²) in [5, 5.41) is 0. The second-order valence-corrected chi connectivity index (χ2v) is 25.1. The predicted molar refractivity (Wildman–Crippen MR) is 113 cm³/mol. The SMILES string of the molecule is C[Si](C)(CCCCl)O[Si](C)(C)O[Si](C)(C)O[Si](C)(C)CCCCl. The minimum Gasteiger partial charge on any atom is -0.436 e. The van der Waals surface area contributed by atoms with E-state index in [1.54, 1.807) is 0 Å². The summed E-state index contributed by atoms with van der Waals surface area (Å²) in [5.74, 6) is 1.40. The molecule has 0 heterocycles. The van der Waals surface area contributed by atoms with Gasteiger partial charge in [-0.3, -0.25) is 0 Å². The third-order valence-corrected chi connectivity index (χ3v) is 19.3. The standard InChI is InChI=1S/C14H36Cl2O3Si4/c1-20(2,13-9-11-15)17-22(5,6)19-23(7,8)18-21(3,4)14-10-12-16/h9-14H2,1-8H3. The summed E-state index contributed by atoms with van der Waals surface area (Å²) in [5.41, 5.74) is 0. The number of hydrogen-bond acceptors (Lipinski definition) is 3. The Morgan fingerprint density at radius 2 is 0.870 bits per heavy atom. The van der Waals surface area contributed by atoms with Crippen molar-refractivity contribution in [2.45, 2.75) is 77.3 Å². The molecule has 0 aliphatic carbocycles. The average Bonchev–Trinajstić information content (AvgIpc) is 2.29. The number of rotatable bonds is 12. The highest BCUT2D eigenvalue weighted by atomic mass is 35.5. The first-order chi connectivity index (χ1) is 10.2. The summed E-state index contributed by atoms with van der Waals surface area (Å²) in [6.07, 6.45) is 2.03. The van der Waals surface area contributed by atoms with Crippen molar-refractivity contribution in [3.63, 3.8) is 0 Å². The molecule has 0 saturated heterocycles. The topological polar surface area (TPSA) is 27.7 Å². The first-order valence-electron chi connectivity index (χ1n) is 8.47. The third kappa shape index (κ3) is 12.3. The fraction of sp³-hybridized carbons (Fsp3) is 1.00. The fourth-order valence-corrected chi connectivity index (χ4v) is 23.1. The van der Waals surface area contributed by atoms with Crippen molar-refractivity contribution in [2.24, 2.45) is 0 Å². The number of halogens is 2. The Morgan fingerprint density at radius 1 is 0.565 bits per heavy atom. The molecule has 0 aliphatic heterocycles. The maximum atomic E-state index is 6.50. The van der Waals surface area contributed by atoms with Crippen LogP contribution in [0.1, 0.15) is 12.8 Å². The molecule has 140 valence electrons. The van der Waals surface area contributed by atoms with E-state index >= 15 is 0 Å². The third-order valence-electron chi connectivity index (χ3n) is 3.36. The molecule has 0 fully saturated rings. The van der Waals surface area contributed by atoms with Gasteiger partial charge in [0.05, 0.1) is 0 Å². The van der Waals surface area contributed by atoms with Gasteiger partial charge in [0.1, 0.15) is 0 Å².